The van der Waals surface area contributed by atoms with Crippen LogP contribution in [-0.2, 0) is 20.9 Å². The molecule has 0 radical (unpaired) electrons. The molecule has 0 bridgehead atoms. The summed E-state index contributed by atoms with van der Waals surface area (Å²) < 4.78 is 26.3. The maximum atomic E-state index is 13.9. The van der Waals surface area contributed by atoms with Gasteiger partial charge in [0, 0.05) is 49.8 Å². The van der Waals surface area contributed by atoms with E-state index in [2.05, 4.69) is 30.9 Å². The summed E-state index contributed by atoms with van der Waals surface area (Å²) in [5, 5.41) is 36.1. The van der Waals surface area contributed by atoms with Gasteiger partial charge in [-0.3, -0.25) is 15.0 Å². The fraction of sp³-hybridized carbons (Fsp3) is 0.412. The molecule has 3 aliphatic rings. The van der Waals surface area contributed by atoms with Gasteiger partial charge >= 0.3 is 6.09 Å². The highest BCUT2D eigenvalue weighted by molar-refractivity contribution is 6.03. The summed E-state index contributed by atoms with van der Waals surface area (Å²) in [6.45, 7) is 6.68. The zero-order valence-corrected chi connectivity index (χ0v) is 36.7. The van der Waals surface area contributed by atoms with Crippen LogP contribution in [-0.4, -0.2) is 77.1 Å². The van der Waals surface area contributed by atoms with Gasteiger partial charge in [-0.2, -0.15) is 0 Å². The van der Waals surface area contributed by atoms with E-state index in [9.17, 15) is 25.1 Å². The monoisotopic (exact) mass is 873 g/mol. The molecular formula is C51H59N3O10. The molecule has 1 fully saturated rings. The lowest BCUT2D eigenvalue weighted by molar-refractivity contribution is -0.384. The molecule has 64 heavy (non-hydrogen) atoms. The van der Waals surface area contributed by atoms with Crippen molar-refractivity contribution in [2.24, 2.45) is 22.9 Å². The molecule has 1 heterocycles. The summed E-state index contributed by atoms with van der Waals surface area (Å²) in [6, 6.07) is 29.5. The first-order valence-electron chi connectivity index (χ1n) is 22.4. The van der Waals surface area contributed by atoms with Crippen molar-refractivity contribution < 1.29 is 43.7 Å². The number of fused-ring (bicyclic) bond motifs is 2. The van der Waals surface area contributed by atoms with Crippen LogP contribution in [0.4, 0.5) is 10.5 Å². The van der Waals surface area contributed by atoms with E-state index >= 15 is 0 Å². The molecule has 0 aromatic heterocycles. The first kappa shape index (κ1) is 46.0. The highest BCUT2D eigenvalue weighted by atomic mass is 16.7. The Hall–Kier alpha value is -6.02. The predicted molar refractivity (Wildman–Crippen MR) is 244 cm³/mol. The lowest BCUT2D eigenvalue weighted by atomic mass is 9.55. The maximum absolute atomic E-state index is 13.9. The number of aliphatic hydroxyl groups excluding tert-OH is 2. The van der Waals surface area contributed by atoms with Crippen molar-refractivity contribution in [2.45, 2.75) is 82.6 Å². The minimum Gasteiger partial charge on any atom is -0.459 e. The Morgan fingerprint density at radius 2 is 1.66 bits per heavy atom. The Bertz CT molecular complexity index is 2260. The Balaban J connectivity index is 1.38. The number of carbonyl (C=O) groups is 1. The summed E-state index contributed by atoms with van der Waals surface area (Å²) in [5.74, 6) is -0.226. The molecule has 0 spiro atoms. The van der Waals surface area contributed by atoms with Crippen LogP contribution in [0.25, 0.3) is 11.1 Å². The Morgan fingerprint density at radius 3 is 2.33 bits per heavy atom. The summed E-state index contributed by atoms with van der Waals surface area (Å²) in [4.78, 5) is 32.6. The van der Waals surface area contributed by atoms with Gasteiger partial charge in [-0.05, 0) is 109 Å². The number of hydrogen-bond donors (Lipinski definition) is 2. The number of nitro benzene ring substituents is 1. The van der Waals surface area contributed by atoms with Gasteiger partial charge in [0.05, 0.1) is 30.3 Å². The van der Waals surface area contributed by atoms with Crippen molar-refractivity contribution in [3.05, 3.63) is 143 Å². The number of ether oxygens (including phenoxy) is 4. The van der Waals surface area contributed by atoms with Crippen LogP contribution in [0.15, 0.2) is 127 Å². The highest BCUT2D eigenvalue weighted by Gasteiger charge is 2.65. The molecule has 1 aliphatic heterocycles. The van der Waals surface area contributed by atoms with E-state index in [4.69, 9.17) is 28.9 Å². The van der Waals surface area contributed by atoms with Gasteiger partial charge in [-0.15, -0.1) is 6.58 Å². The zero-order valence-electron chi connectivity index (χ0n) is 36.7. The number of hydrogen-bond acceptors (Lipinski definition) is 11. The minimum absolute atomic E-state index is 0.0209. The number of benzene rings is 4. The largest absolute Gasteiger partial charge is 0.459 e. The normalized spacial score (nSPS) is 22.6. The summed E-state index contributed by atoms with van der Waals surface area (Å²) in [5.41, 5.74) is 5.31. The lowest BCUT2D eigenvalue weighted by Crippen LogP contribution is -2.70. The van der Waals surface area contributed by atoms with E-state index in [0.29, 0.717) is 54.3 Å². The van der Waals surface area contributed by atoms with Crippen molar-refractivity contribution in [3.8, 4) is 28.4 Å². The van der Waals surface area contributed by atoms with Crippen LogP contribution in [0.2, 0.25) is 0 Å². The minimum atomic E-state index is -1.43. The third-order valence-electron chi connectivity index (χ3n) is 12.6. The Morgan fingerprint density at radius 1 is 0.953 bits per heavy atom. The maximum Gasteiger partial charge on any atom is 0.409 e. The first-order valence-corrected chi connectivity index (χ1v) is 22.4. The fourth-order valence-electron chi connectivity index (χ4n) is 9.83. The van der Waals surface area contributed by atoms with E-state index in [1.807, 2.05) is 61.5 Å². The van der Waals surface area contributed by atoms with E-state index in [-0.39, 0.29) is 56.3 Å². The molecule has 4 aromatic carbocycles. The van der Waals surface area contributed by atoms with Gasteiger partial charge in [-0.25, -0.2) is 4.79 Å². The molecular weight excluding hydrogens is 815 g/mol. The van der Waals surface area contributed by atoms with Crippen LogP contribution in [0.3, 0.4) is 0 Å². The molecule has 0 saturated heterocycles. The van der Waals surface area contributed by atoms with Crippen LogP contribution >= 0.6 is 0 Å². The predicted octanol–water partition coefficient (Wildman–Crippen LogP) is 10.4. The van der Waals surface area contributed by atoms with E-state index in [1.54, 1.807) is 23.1 Å². The van der Waals surface area contributed by atoms with Gasteiger partial charge < -0.3 is 34.0 Å². The molecule has 2 aliphatic carbocycles. The molecule has 7 rings (SSSR count). The number of non-ortho nitro benzene ring substituents is 1. The number of rotatable bonds is 21. The number of nitrogens with zero attached hydrogens (tertiary/aromatic N) is 3. The van der Waals surface area contributed by atoms with Crippen molar-refractivity contribution >= 4 is 17.5 Å². The third-order valence-corrected chi connectivity index (χ3v) is 12.6. The standard InChI is InChI=1S/C51H59N3O10/c1-4-27-53(50(57)60-3)47-33-45(52-62-34-35-17-21-39(22-18-35)54(58)59)43-31-38(15-9-11-28-55)42(16-10-12-29-56)48-44-32-41(25-26-46(44)64-51(47,49(43)48)61-30-5-2)63-40-23-19-37(20-24-40)36-13-7-6-8-14-36/h5-8,13-14,17-26,31-32,38,42,47-49,55-56H,2,4,9-12,15-16,27-30,33-34H2,1,3H3. The number of carbonyl (C=O) groups excluding carboxylic acids is 1. The second-order valence-corrected chi connectivity index (χ2v) is 16.6. The molecule has 6 unspecified atom stereocenters. The SMILES string of the molecule is C=CCOC12Oc3ccc(Oc4ccc(-c5ccccc5)cc4)cc3C3C(CCCCO)C(CCCCO)C=C(C(=NOCc4ccc([N+](=O)[O-])cc4)CC1N(CCC)C(=O)OC)C32. The second-order valence-electron chi connectivity index (χ2n) is 16.6. The molecule has 1 amide bonds. The Labute approximate surface area is 375 Å². The molecule has 6 atom stereocenters. The smallest absolute Gasteiger partial charge is 0.409 e. The van der Waals surface area contributed by atoms with E-state index in [0.717, 1.165) is 47.9 Å². The van der Waals surface area contributed by atoms with Gasteiger partial charge in [-0.1, -0.05) is 79.5 Å². The van der Waals surface area contributed by atoms with Crippen molar-refractivity contribution in [1.82, 2.24) is 4.90 Å². The number of aliphatic hydroxyl groups is 2. The molecule has 2 N–H and O–H groups in total. The molecule has 13 nitrogen and oxygen atoms in total. The van der Waals surface area contributed by atoms with Crippen molar-refractivity contribution in [1.29, 1.82) is 0 Å². The highest BCUT2D eigenvalue weighted by Crippen LogP contribution is 2.62. The number of unbranched alkanes of at least 4 members (excludes halogenated alkanes) is 2. The van der Waals surface area contributed by atoms with Crippen LogP contribution in [0.5, 0.6) is 17.2 Å². The third kappa shape index (κ3) is 10.0. The summed E-state index contributed by atoms with van der Waals surface area (Å²) in [6.07, 6.45) is 8.69. The van der Waals surface area contributed by atoms with E-state index in [1.165, 1.54) is 19.2 Å². The van der Waals surface area contributed by atoms with Gasteiger partial charge in [0.25, 0.3) is 5.69 Å². The molecule has 4 aromatic rings. The number of methoxy groups -OCH3 is 1. The number of amides is 1. The van der Waals surface area contributed by atoms with Gasteiger partial charge in [0.15, 0.2) is 0 Å². The Kier molecular flexibility index (Phi) is 15.5. The zero-order chi connectivity index (χ0) is 45.1. The van der Waals surface area contributed by atoms with Crippen molar-refractivity contribution in [2.75, 3.05) is 33.5 Å². The molecule has 338 valence electrons. The quantitative estimate of drug-likeness (QED) is 0.0357. The second kappa shape index (κ2) is 21.6. The van der Waals surface area contributed by atoms with Crippen molar-refractivity contribution in [3.63, 3.8) is 0 Å². The number of oxime groups is 1. The lowest BCUT2D eigenvalue weighted by Gasteiger charge is -2.59. The van der Waals surface area contributed by atoms with Gasteiger partial charge in [0.2, 0.25) is 5.79 Å². The average Bonchev–Trinajstić information content (AvgIpc) is 3.32. The summed E-state index contributed by atoms with van der Waals surface area (Å²) >= 11 is 0. The number of nitro groups is 1. The summed E-state index contributed by atoms with van der Waals surface area (Å²) in [7, 11) is 1.37. The van der Waals surface area contributed by atoms with Gasteiger partial charge in [0.1, 0.15) is 29.9 Å². The fourth-order valence-corrected chi connectivity index (χ4v) is 9.83. The van der Waals surface area contributed by atoms with Crippen LogP contribution in [0, 0.1) is 27.9 Å². The topological polar surface area (TPSA) is 162 Å². The first-order chi connectivity index (χ1) is 31.2. The van der Waals surface area contributed by atoms with E-state index < -0.39 is 28.8 Å². The molecule has 1 saturated carbocycles. The van der Waals surface area contributed by atoms with Crippen LogP contribution in [0.1, 0.15) is 75.3 Å². The molecule has 13 heteroatoms. The number of allylic oxidation sites excluding steroid dienone is 1. The van der Waals surface area contributed by atoms with Crippen LogP contribution < -0.4 is 9.47 Å². The average molecular weight is 874 g/mol.